The van der Waals surface area contributed by atoms with Gasteiger partial charge in [0.05, 0.1) is 12.7 Å². The first-order valence-corrected chi connectivity index (χ1v) is 8.33. The largest absolute Gasteiger partial charge is 0.381 e. The van der Waals surface area contributed by atoms with Crippen LogP contribution in [0.25, 0.3) is 0 Å². The molecule has 0 aromatic heterocycles. The highest BCUT2D eigenvalue weighted by Gasteiger charge is 2.30. The van der Waals surface area contributed by atoms with Gasteiger partial charge in [-0.3, -0.25) is 4.79 Å². The predicted molar refractivity (Wildman–Crippen MR) is 85.0 cm³/mol. The van der Waals surface area contributed by atoms with Crippen molar-refractivity contribution in [2.24, 2.45) is 5.92 Å². The van der Waals surface area contributed by atoms with Crippen LogP contribution in [-0.2, 0) is 20.7 Å². The quantitative estimate of drug-likeness (QED) is 0.858. The first-order chi connectivity index (χ1) is 10.7. The van der Waals surface area contributed by atoms with E-state index in [2.05, 4.69) is 0 Å². The van der Waals surface area contributed by atoms with Gasteiger partial charge >= 0.3 is 0 Å². The molecule has 120 valence electrons. The summed E-state index contributed by atoms with van der Waals surface area (Å²) in [7, 11) is 0. The smallest absolute Gasteiger partial charge is 0.226 e. The summed E-state index contributed by atoms with van der Waals surface area (Å²) >= 11 is 6.21. The topological polar surface area (TPSA) is 38.8 Å². The summed E-state index contributed by atoms with van der Waals surface area (Å²) in [6, 6.07) is 7.82. The van der Waals surface area contributed by atoms with Gasteiger partial charge in [-0.1, -0.05) is 29.8 Å². The number of carbonyl (C=O) groups is 1. The first kappa shape index (κ1) is 15.8. The highest BCUT2D eigenvalue weighted by atomic mass is 35.5. The minimum Gasteiger partial charge on any atom is -0.381 e. The van der Waals surface area contributed by atoms with Crippen LogP contribution < -0.4 is 0 Å². The molecule has 0 aliphatic carbocycles. The summed E-state index contributed by atoms with van der Waals surface area (Å²) in [5, 5.41) is 0.763. The van der Waals surface area contributed by atoms with Gasteiger partial charge in [-0.05, 0) is 24.5 Å². The van der Waals surface area contributed by atoms with Crippen molar-refractivity contribution in [1.82, 2.24) is 4.90 Å². The summed E-state index contributed by atoms with van der Waals surface area (Å²) < 4.78 is 11.2. The third-order valence-corrected chi connectivity index (χ3v) is 4.80. The van der Waals surface area contributed by atoms with Crippen molar-refractivity contribution in [1.29, 1.82) is 0 Å². The van der Waals surface area contributed by atoms with E-state index in [1.54, 1.807) is 0 Å². The maximum absolute atomic E-state index is 12.6. The van der Waals surface area contributed by atoms with E-state index in [1.807, 2.05) is 29.2 Å². The number of ether oxygens (including phenoxy) is 2. The van der Waals surface area contributed by atoms with Crippen LogP contribution in [0.4, 0.5) is 0 Å². The molecular weight excluding hydrogens is 302 g/mol. The van der Waals surface area contributed by atoms with Gasteiger partial charge in [0.2, 0.25) is 5.91 Å². The molecule has 1 amide bonds. The van der Waals surface area contributed by atoms with Crippen LogP contribution in [0.15, 0.2) is 24.3 Å². The molecular formula is C17H22ClNO3. The van der Waals surface area contributed by atoms with Gasteiger partial charge in [0.1, 0.15) is 0 Å². The SMILES string of the molecule is O=C(C1CCOCC1)N1CCO[C@@H](Cc2ccccc2Cl)C1. The normalized spacial score (nSPS) is 23.5. The molecule has 5 heteroatoms. The van der Waals surface area contributed by atoms with Gasteiger partial charge in [-0.15, -0.1) is 0 Å². The maximum Gasteiger partial charge on any atom is 0.226 e. The van der Waals surface area contributed by atoms with Gasteiger partial charge in [0, 0.05) is 43.7 Å². The molecule has 2 fully saturated rings. The van der Waals surface area contributed by atoms with E-state index < -0.39 is 0 Å². The molecule has 2 heterocycles. The number of hydrogen-bond acceptors (Lipinski definition) is 3. The lowest BCUT2D eigenvalue weighted by Crippen LogP contribution is -2.49. The van der Waals surface area contributed by atoms with Crippen LogP contribution in [0.1, 0.15) is 18.4 Å². The first-order valence-electron chi connectivity index (χ1n) is 7.95. The Morgan fingerprint density at radius 3 is 2.77 bits per heavy atom. The standard InChI is InChI=1S/C17H22ClNO3/c18-16-4-2-1-3-14(16)11-15-12-19(7-10-22-15)17(20)13-5-8-21-9-6-13/h1-4,13,15H,5-12H2/t15-/m0/s1. The minimum absolute atomic E-state index is 0.0254. The zero-order valence-corrected chi connectivity index (χ0v) is 13.4. The predicted octanol–water partition coefficient (Wildman–Crippen LogP) is 2.54. The Balaban J connectivity index is 1.59. The van der Waals surface area contributed by atoms with Crippen LogP contribution in [0, 0.1) is 5.92 Å². The van der Waals surface area contributed by atoms with Gasteiger partial charge in [-0.25, -0.2) is 0 Å². The Morgan fingerprint density at radius 2 is 2.00 bits per heavy atom. The van der Waals surface area contributed by atoms with E-state index in [4.69, 9.17) is 21.1 Å². The Hall–Kier alpha value is -1.10. The van der Waals surface area contributed by atoms with Crippen molar-refractivity contribution in [3.8, 4) is 0 Å². The number of nitrogens with zero attached hydrogens (tertiary/aromatic N) is 1. The maximum atomic E-state index is 12.6. The number of hydrogen-bond donors (Lipinski definition) is 0. The number of benzene rings is 1. The monoisotopic (exact) mass is 323 g/mol. The van der Waals surface area contributed by atoms with Crippen molar-refractivity contribution in [3.05, 3.63) is 34.9 Å². The summed E-state index contributed by atoms with van der Waals surface area (Å²) in [4.78, 5) is 14.6. The van der Waals surface area contributed by atoms with Gasteiger partial charge < -0.3 is 14.4 Å². The van der Waals surface area contributed by atoms with E-state index in [0.717, 1.165) is 29.8 Å². The Bertz CT molecular complexity index is 516. The fourth-order valence-corrected chi connectivity index (χ4v) is 3.37. The van der Waals surface area contributed by atoms with Crippen molar-refractivity contribution >= 4 is 17.5 Å². The molecule has 4 nitrogen and oxygen atoms in total. The second kappa shape index (κ2) is 7.44. The van der Waals surface area contributed by atoms with E-state index >= 15 is 0 Å². The van der Waals surface area contributed by atoms with E-state index in [1.165, 1.54) is 0 Å². The Labute approximate surface area is 136 Å². The summed E-state index contributed by atoms with van der Waals surface area (Å²) in [6.45, 7) is 3.34. The molecule has 0 spiro atoms. The van der Waals surface area contributed by atoms with Gasteiger partial charge in [0.15, 0.2) is 0 Å². The third-order valence-electron chi connectivity index (χ3n) is 4.43. The number of morpholine rings is 1. The average Bonchev–Trinajstić information content (AvgIpc) is 2.57. The molecule has 22 heavy (non-hydrogen) atoms. The van der Waals surface area contributed by atoms with Gasteiger partial charge in [-0.2, -0.15) is 0 Å². The highest BCUT2D eigenvalue weighted by Crippen LogP contribution is 2.22. The Kier molecular flexibility index (Phi) is 5.34. The molecule has 2 saturated heterocycles. The fraction of sp³-hybridized carbons (Fsp3) is 0.588. The lowest BCUT2D eigenvalue weighted by molar-refractivity contribution is -0.146. The second-order valence-corrected chi connectivity index (χ2v) is 6.37. The molecule has 2 aliphatic heterocycles. The molecule has 0 saturated carbocycles. The number of halogens is 1. The van der Waals surface area contributed by atoms with Crippen LogP contribution in [0.3, 0.4) is 0 Å². The number of carbonyl (C=O) groups excluding carboxylic acids is 1. The highest BCUT2D eigenvalue weighted by molar-refractivity contribution is 6.31. The van der Waals surface area contributed by atoms with Gasteiger partial charge in [0.25, 0.3) is 0 Å². The van der Waals surface area contributed by atoms with Crippen molar-refractivity contribution in [3.63, 3.8) is 0 Å². The van der Waals surface area contributed by atoms with Crippen LogP contribution in [0.2, 0.25) is 5.02 Å². The lowest BCUT2D eigenvalue weighted by Gasteiger charge is -2.36. The Morgan fingerprint density at radius 1 is 1.23 bits per heavy atom. The van der Waals surface area contributed by atoms with Crippen molar-refractivity contribution < 1.29 is 14.3 Å². The third kappa shape index (κ3) is 3.80. The molecule has 1 aromatic rings. The number of rotatable bonds is 3. The average molecular weight is 324 g/mol. The number of amides is 1. The lowest BCUT2D eigenvalue weighted by atomic mass is 9.97. The zero-order valence-electron chi connectivity index (χ0n) is 12.7. The van der Waals surface area contributed by atoms with Crippen molar-refractivity contribution in [2.45, 2.75) is 25.4 Å². The van der Waals surface area contributed by atoms with E-state index in [-0.39, 0.29) is 17.9 Å². The summed E-state index contributed by atoms with van der Waals surface area (Å²) in [5.74, 6) is 0.378. The molecule has 3 rings (SSSR count). The van der Waals surface area contributed by atoms with E-state index in [9.17, 15) is 4.79 Å². The summed E-state index contributed by atoms with van der Waals surface area (Å²) in [5.41, 5.74) is 1.08. The van der Waals surface area contributed by atoms with E-state index in [0.29, 0.717) is 32.9 Å². The molecule has 0 N–H and O–H groups in total. The van der Waals surface area contributed by atoms with Crippen molar-refractivity contribution in [2.75, 3.05) is 32.9 Å². The molecule has 0 unspecified atom stereocenters. The van der Waals surface area contributed by atoms with Crippen LogP contribution in [0.5, 0.6) is 0 Å². The zero-order chi connectivity index (χ0) is 15.4. The molecule has 2 aliphatic rings. The summed E-state index contributed by atoms with van der Waals surface area (Å²) in [6.07, 6.45) is 2.45. The molecule has 0 bridgehead atoms. The fourth-order valence-electron chi connectivity index (χ4n) is 3.15. The molecule has 1 aromatic carbocycles. The minimum atomic E-state index is 0.0254. The van der Waals surface area contributed by atoms with Crippen LogP contribution in [-0.4, -0.2) is 49.8 Å². The molecule has 1 atom stereocenters. The second-order valence-electron chi connectivity index (χ2n) is 5.96. The van der Waals surface area contributed by atoms with Crippen LogP contribution >= 0.6 is 11.6 Å². The molecule has 0 radical (unpaired) electrons.